The highest BCUT2D eigenvalue weighted by Gasteiger charge is 2.40. The Bertz CT molecular complexity index is 1170. The van der Waals surface area contributed by atoms with Gasteiger partial charge in [0.05, 0.1) is 17.7 Å². The Morgan fingerprint density at radius 2 is 1.90 bits per heavy atom. The summed E-state index contributed by atoms with van der Waals surface area (Å²) in [5, 5.41) is 6.82. The highest BCUT2D eigenvalue weighted by atomic mass is 35.5. The number of nitrogens with one attached hydrogen (secondary N) is 2. The number of esters is 1. The molecular formula is C26H32ClF3N3O7P. The molecule has 1 fully saturated rings. The molecule has 0 radical (unpaired) electrons. The maximum absolute atomic E-state index is 14.9. The number of amides is 2. The van der Waals surface area contributed by atoms with Gasteiger partial charge in [0, 0.05) is 25.1 Å². The van der Waals surface area contributed by atoms with E-state index in [1.165, 1.54) is 7.05 Å². The largest absolute Gasteiger partial charge is 0.462 e. The average Bonchev–Trinajstić information content (AvgIpc) is 3.32. The molecule has 1 saturated heterocycles. The molecule has 1 heterocycles. The van der Waals surface area contributed by atoms with E-state index in [0.29, 0.717) is 12.0 Å². The number of nitrogens with zero attached hydrogens (tertiary/aromatic N) is 1. The number of urea groups is 1. The van der Waals surface area contributed by atoms with Crippen molar-refractivity contribution in [3.05, 3.63) is 53.7 Å². The lowest BCUT2D eigenvalue weighted by Crippen LogP contribution is -2.42. The molecule has 15 heteroatoms. The Morgan fingerprint density at radius 3 is 2.56 bits per heavy atom. The predicted octanol–water partition coefficient (Wildman–Crippen LogP) is 5.26. The first-order valence-electron chi connectivity index (χ1n) is 12.4. The topological polar surface area (TPSA) is 115 Å². The molecule has 41 heavy (non-hydrogen) atoms. The number of ether oxygens (including phenoxy) is 2. The molecule has 226 valence electrons. The van der Waals surface area contributed by atoms with Crippen LogP contribution in [0.25, 0.3) is 10.8 Å². The van der Waals surface area contributed by atoms with E-state index in [0.717, 1.165) is 21.9 Å². The highest BCUT2D eigenvalue weighted by Crippen LogP contribution is 2.40. The SMILES string of the molecule is CNC(=O)N(/C=C(/Cl)C=O)C1CC(F)C(COP(NCC(=O)OC(C)C)Oc2cccc3ccccc23)O1.FCF. The summed E-state index contributed by atoms with van der Waals surface area (Å²) in [7, 11) is -0.551. The Morgan fingerprint density at radius 1 is 1.22 bits per heavy atom. The van der Waals surface area contributed by atoms with Crippen LogP contribution in [0.4, 0.5) is 18.0 Å². The first kappa shape index (κ1) is 34.2. The third kappa shape index (κ3) is 11.1. The number of hydrogen-bond donors (Lipinski definition) is 2. The van der Waals surface area contributed by atoms with E-state index in [1.807, 2.05) is 36.4 Å². The zero-order chi connectivity index (χ0) is 30.4. The monoisotopic (exact) mass is 621 g/mol. The van der Waals surface area contributed by atoms with E-state index in [2.05, 4.69) is 10.4 Å². The number of aldehydes is 1. The second kappa shape index (κ2) is 17.8. The van der Waals surface area contributed by atoms with E-state index in [4.69, 9.17) is 30.1 Å². The molecular weight excluding hydrogens is 590 g/mol. The minimum atomic E-state index is -1.93. The van der Waals surface area contributed by atoms with Gasteiger partial charge in [0.15, 0.2) is 6.29 Å². The van der Waals surface area contributed by atoms with Crippen LogP contribution in [0, 0.1) is 0 Å². The fraction of sp³-hybridized carbons (Fsp3) is 0.423. The summed E-state index contributed by atoms with van der Waals surface area (Å²) in [4.78, 5) is 36.3. The standard InChI is InChI=1S/C25H30ClFN3O7P.CH2F2/c1-16(2)35-24(32)12-29-38(37-21-10-6-8-17-7-4-5-9-19(17)21)34-15-22-20(27)11-23(36-22)30(25(33)28-3)13-18(26)14-31;2-1-3/h4-10,13-14,16,20,22-23,29H,11-12,15H2,1-3H3,(H,28,33);1H2/b18-13+;. The van der Waals surface area contributed by atoms with Gasteiger partial charge in [-0.1, -0.05) is 48.0 Å². The first-order valence-corrected chi connectivity index (χ1v) is 13.9. The van der Waals surface area contributed by atoms with Gasteiger partial charge in [0.2, 0.25) is 6.93 Å². The second-order valence-corrected chi connectivity index (χ2v) is 10.3. The molecule has 2 aromatic rings. The lowest BCUT2D eigenvalue weighted by Gasteiger charge is -2.25. The second-order valence-electron chi connectivity index (χ2n) is 8.57. The summed E-state index contributed by atoms with van der Waals surface area (Å²) in [5.41, 5.74) is 0. The number of benzene rings is 2. The van der Waals surface area contributed by atoms with Gasteiger partial charge in [0.1, 0.15) is 30.8 Å². The van der Waals surface area contributed by atoms with Crippen molar-refractivity contribution in [1.29, 1.82) is 0 Å². The van der Waals surface area contributed by atoms with Crippen molar-refractivity contribution in [3.63, 3.8) is 0 Å². The number of rotatable bonds is 12. The molecule has 0 saturated carbocycles. The minimum absolute atomic E-state index is 0.169. The lowest BCUT2D eigenvalue weighted by molar-refractivity contribution is -0.145. The summed E-state index contributed by atoms with van der Waals surface area (Å²) >= 11 is 5.76. The molecule has 2 aromatic carbocycles. The van der Waals surface area contributed by atoms with E-state index in [1.54, 1.807) is 19.9 Å². The number of carbonyl (C=O) groups is 3. The van der Waals surface area contributed by atoms with Crippen molar-refractivity contribution in [3.8, 4) is 5.75 Å². The Kier molecular flexibility index (Phi) is 14.8. The van der Waals surface area contributed by atoms with Gasteiger partial charge < -0.3 is 23.8 Å². The van der Waals surface area contributed by atoms with Crippen molar-refractivity contribution in [2.24, 2.45) is 0 Å². The van der Waals surface area contributed by atoms with Crippen LogP contribution in [-0.2, 0) is 23.6 Å². The van der Waals surface area contributed by atoms with E-state index in [9.17, 15) is 27.6 Å². The highest BCUT2D eigenvalue weighted by molar-refractivity contribution is 7.45. The summed E-state index contributed by atoms with van der Waals surface area (Å²) in [5.74, 6) is 0.0126. The minimum Gasteiger partial charge on any atom is -0.462 e. The fourth-order valence-electron chi connectivity index (χ4n) is 3.62. The smallest absolute Gasteiger partial charge is 0.323 e. The Balaban J connectivity index is 0.00000187. The van der Waals surface area contributed by atoms with Crippen molar-refractivity contribution in [1.82, 2.24) is 15.3 Å². The number of allylic oxidation sites excluding steroid dienone is 1. The van der Waals surface area contributed by atoms with E-state index >= 15 is 0 Å². The summed E-state index contributed by atoms with van der Waals surface area (Å²) < 4.78 is 57.0. The van der Waals surface area contributed by atoms with Crippen molar-refractivity contribution >= 4 is 49.2 Å². The van der Waals surface area contributed by atoms with Crippen LogP contribution in [0.3, 0.4) is 0 Å². The molecule has 0 bridgehead atoms. The fourth-order valence-corrected chi connectivity index (χ4v) is 4.81. The van der Waals surface area contributed by atoms with Gasteiger partial charge in [-0.3, -0.25) is 14.5 Å². The molecule has 1 aliphatic heterocycles. The number of halogens is 4. The summed E-state index contributed by atoms with van der Waals surface area (Å²) in [6.45, 7) is 1.28. The zero-order valence-electron chi connectivity index (χ0n) is 22.6. The summed E-state index contributed by atoms with van der Waals surface area (Å²) in [6, 6.07) is 12.5. The lowest BCUT2D eigenvalue weighted by atomic mass is 10.1. The summed E-state index contributed by atoms with van der Waals surface area (Å²) in [6.07, 6.45) is -2.60. The van der Waals surface area contributed by atoms with Crippen molar-refractivity contribution < 1.29 is 46.1 Å². The van der Waals surface area contributed by atoms with Gasteiger partial charge in [-0.15, -0.1) is 0 Å². The molecule has 0 aliphatic carbocycles. The van der Waals surface area contributed by atoms with Gasteiger partial charge in [-0.05, 0) is 25.3 Å². The maximum atomic E-state index is 14.9. The van der Waals surface area contributed by atoms with Crippen LogP contribution < -0.4 is 14.9 Å². The maximum Gasteiger partial charge on any atom is 0.323 e. The van der Waals surface area contributed by atoms with Crippen LogP contribution >= 0.6 is 20.1 Å². The Labute approximate surface area is 242 Å². The molecule has 3 rings (SSSR count). The van der Waals surface area contributed by atoms with E-state index < -0.39 is 46.0 Å². The normalized spacial score (nSPS) is 19.2. The average molecular weight is 622 g/mol. The van der Waals surface area contributed by atoms with Crippen LogP contribution in [0.2, 0.25) is 0 Å². The molecule has 0 spiro atoms. The van der Waals surface area contributed by atoms with Gasteiger partial charge >= 0.3 is 20.5 Å². The number of carbonyl (C=O) groups excluding carboxylic acids is 3. The van der Waals surface area contributed by atoms with Crippen molar-refractivity contribution in [2.75, 3.05) is 27.1 Å². The first-order chi connectivity index (χ1) is 19.6. The molecule has 2 N–H and O–H groups in total. The molecule has 10 nitrogen and oxygen atoms in total. The van der Waals surface area contributed by atoms with Gasteiger partial charge in [-0.2, -0.15) is 0 Å². The van der Waals surface area contributed by atoms with Crippen LogP contribution in [-0.4, -0.2) is 74.9 Å². The van der Waals surface area contributed by atoms with Crippen LogP contribution in [0.1, 0.15) is 20.3 Å². The third-order valence-electron chi connectivity index (χ3n) is 5.30. The van der Waals surface area contributed by atoms with Crippen molar-refractivity contribution in [2.45, 2.75) is 44.9 Å². The molecule has 2 amide bonds. The number of fused-ring (bicyclic) bond motifs is 1. The Hall–Kier alpha value is -2.96. The molecule has 4 atom stereocenters. The van der Waals surface area contributed by atoms with E-state index in [-0.39, 0.29) is 30.7 Å². The predicted molar refractivity (Wildman–Crippen MR) is 148 cm³/mol. The molecule has 4 unspecified atom stereocenters. The molecule has 0 aromatic heterocycles. The van der Waals surface area contributed by atoms with Crippen LogP contribution in [0.15, 0.2) is 53.7 Å². The third-order valence-corrected chi connectivity index (χ3v) is 6.65. The quantitative estimate of drug-likeness (QED) is 0.143. The van der Waals surface area contributed by atoms with Gasteiger partial charge in [0.25, 0.3) is 0 Å². The molecule has 1 aliphatic rings. The van der Waals surface area contributed by atoms with Crippen LogP contribution in [0.5, 0.6) is 5.75 Å². The number of alkyl halides is 3. The van der Waals surface area contributed by atoms with Gasteiger partial charge in [-0.25, -0.2) is 23.1 Å². The number of hydrogen-bond acceptors (Lipinski definition) is 8. The zero-order valence-corrected chi connectivity index (χ0v) is 24.2.